The van der Waals surface area contributed by atoms with Gasteiger partial charge >= 0.3 is 0 Å². The fourth-order valence-corrected chi connectivity index (χ4v) is 4.31. The smallest absolute Gasteiger partial charge is 0.245 e. The number of imidazole rings is 1. The van der Waals surface area contributed by atoms with Gasteiger partial charge in [0.1, 0.15) is 16.5 Å². The predicted molar refractivity (Wildman–Crippen MR) is 84.5 cm³/mol. The summed E-state index contributed by atoms with van der Waals surface area (Å²) in [6.45, 7) is 6.61. The second-order valence-electron chi connectivity index (χ2n) is 5.79. The van der Waals surface area contributed by atoms with Crippen LogP contribution >= 0.6 is 0 Å². The van der Waals surface area contributed by atoms with Gasteiger partial charge in [-0.3, -0.25) is 4.98 Å². The third kappa shape index (κ3) is 2.96. The van der Waals surface area contributed by atoms with Crippen LogP contribution < -0.4 is 4.74 Å². The van der Waals surface area contributed by atoms with E-state index in [1.807, 2.05) is 31.5 Å². The van der Waals surface area contributed by atoms with Crippen LogP contribution in [0.15, 0.2) is 35.7 Å². The Kier molecular flexibility index (Phi) is 4.11. The number of pyridine rings is 1. The lowest BCUT2D eigenvalue weighted by Crippen LogP contribution is -2.41. The molecule has 0 N–H and O–H groups in total. The third-order valence-corrected chi connectivity index (χ3v) is 5.72. The average Bonchev–Trinajstić information content (AvgIpc) is 2.96. The highest BCUT2D eigenvalue weighted by Crippen LogP contribution is 2.30. The molecule has 23 heavy (non-hydrogen) atoms. The quantitative estimate of drug-likeness (QED) is 0.851. The lowest BCUT2D eigenvalue weighted by molar-refractivity contribution is 0.240. The van der Waals surface area contributed by atoms with E-state index in [2.05, 4.69) is 9.97 Å². The Morgan fingerprint density at radius 2 is 2.09 bits per heavy atom. The number of ether oxygens (including phenoxy) is 1. The third-order valence-electron chi connectivity index (χ3n) is 3.78. The van der Waals surface area contributed by atoms with E-state index in [9.17, 15) is 8.42 Å². The van der Waals surface area contributed by atoms with Crippen molar-refractivity contribution >= 4 is 10.0 Å². The summed E-state index contributed by atoms with van der Waals surface area (Å²) < 4.78 is 34.9. The standard InChI is InChI=1S/C15H20N4O3S/c1-11(2)22-13-8-14(10-16-9-13)23(20,21)19-7-6-18-5-4-17-15(18)12(19)3/h4-5,8-12H,6-7H2,1-3H3. The maximum Gasteiger partial charge on any atom is 0.245 e. The van der Waals surface area contributed by atoms with Crippen LogP contribution in [0.4, 0.5) is 0 Å². The fourth-order valence-electron chi connectivity index (χ4n) is 2.75. The van der Waals surface area contributed by atoms with Crippen molar-refractivity contribution < 1.29 is 13.2 Å². The van der Waals surface area contributed by atoms with Gasteiger partial charge < -0.3 is 9.30 Å². The molecule has 7 nitrogen and oxygen atoms in total. The molecule has 1 aliphatic heterocycles. The summed E-state index contributed by atoms with van der Waals surface area (Å²) in [4.78, 5) is 8.42. The molecule has 0 radical (unpaired) electrons. The molecular formula is C15H20N4O3S. The average molecular weight is 336 g/mol. The SMILES string of the molecule is CC(C)Oc1cncc(S(=O)(=O)N2CCn3ccnc3C2C)c1. The zero-order valence-corrected chi connectivity index (χ0v) is 14.2. The molecule has 1 aliphatic rings. The first-order valence-corrected chi connectivity index (χ1v) is 8.98. The summed E-state index contributed by atoms with van der Waals surface area (Å²) in [5.74, 6) is 1.20. The molecule has 8 heteroatoms. The van der Waals surface area contributed by atoms with Crippen molar-refractivity contribution in [1.29, 1.82) is 0 Å². The van der Waals surface area contributed by atoms with E-state index in [-0.39, 0.29) is 17.0 Å². The number of aromatic nitrogens is 3. The van der Waals surface area contributed by atoms with Gasteiger partial charge in [-0.05, 0) is 20.8 Å². The van der Waals surface area contributed by atoms with Crippen LogP contribution in [0.5, 0.6) is 5.75 Å². The van der Waals surface area contributed by atoms with E-state index in [1.165, 1.54) is 22.8 Å². The van der Waals surface area contributed by atoms with E-state index in [0.29, 0.717) is 18.8 Å². The number of rotatable bonds is 4. The maximum atomic E-state index is 13.0. The van der Waals surface area contributed by atoms with Crippen molar-refractivity contribution in [2.75, 3.05) is 6.54 Å². The summed E-state index contributed by atoms with van der Waals surface area (Å²) >= 11 is 0. The minimum Gasteiger partial charge on any atom is -0.489 e. The van der Waals surface area contributed by atoms with Crippen LogP contribution in [-0.4, -0.2) is 39.9 Å². The Hall–Kier alpha value is -1.93. The van der Waals surface area contributed by atoms with E-state index in [4.69, 9.17) is 4.74 Å². The summed E-state index contributed by atoms with van der Waals surface area (Å²) in [5, 5.41) is 0. The van der Waals surface area contributed by atoms with Crippen LogP contribution in [0.25, 0.3) is 0 Å². The minimum absolute atomic E-state index is 0.0452. The molecular weight excluding hydrogens is 316 g/mol. The van der Waals surface area contributed by atoms with Crippen molar-refractivity contribution in [1.82, 2.24) is 18.8 Å². The molecule has 2 aromatic heterocycles. The van der Waals surface area contributed by atoms with Crippen molar-refractivity contribution in [2.24, 2.45) is 0 Å². The number of hydrogen-bond donors (Lipinski definition) is 0. The molecule has 1 atom stereocenters. The Morgan fingerprint density at radius 1 is 1.30 bits per heavy atom. The van der Waals surface area contributed by atoms with E-state index in [0.717, 1.165) is 5.82 Å². The lowest BCUT2D eigenvalue weighted by atomic mass is 10.2. The van der Waals surface area contributed by atoms with E-state index in [1.54, 1.807) is 6.20 Å². The van der Waals surface area contributed by atoms with Crippen LogP contribution in [0.1, 0.15) is 32.6 Å². The Morgan fingerprint density at radius 3 is 2.83 bits per heavy atom. The lowest BCUT2D eigenvalue weighted by Gasteiger charge is -2.32. The molecule has 124 valence electrons. The molecule has 0 spiro atoms. The second-order valence-corrected chi connectivity index (χ2v) is 7.68. The van der Waals surface area contributed by atoms with Crippen LogP contribution in [-0.2, 0) is 16.6 Å². The van der Waals surface area contributed by atoms with Crippen molar-refractivity contribution in [2.45, 2.75) is 44.4 Å². The number of sulfonamides is 1. The van der Waals surface area contributed by atoms with Gasteiger partial charge in [-0.1, -0.05) is 0 Å². The van der Waals surface area contributed by atoms with Gasteiger partial charge in [0.05, 0.1) is 18.3 Å². The summed E-state index contributed by atoms with van der Waals surface area (Å²) in [5.41, 5.74) is 0. The van der Waals surface area contributed by atoms with E-state index < -0.39 is 10.0 Å². The van der Waals surface area contributed by atoms with Crippen molar-refractivity contribution in [3.63, 3.8) is 0 Å². The normalized spacial score (nSPS) is 18.9. The van der Waals surface area contributed by atoms with E-state index >= 15 is 0 Å². The van der Waals surface area contributed by atoms with Gasteiger partial charge in [0.25, 0.3) is 0 Å². The second kappa shape index (κ2) is 5.93. The summed E-state index contributed by atoms with van der Waals surface area (Å²) in [6.07, 6.45) is 6.40. The zero-order chi connectivity index (χ0) is 16.6. The molecule has 3 rings (SSSR count). The number of hydrogen-bond acceptors (Lipinski definition) is 5. The van der Waals surface area contributed by atoms with Crippen LogP contribution in [0, 0.1) is 0 Å². The van der Waals surface area contributed by atoms with Gasteiger partial charge in [-0.15, -0.1) is 0 Å². The van der Waals surface area contributed by atoms with Gasteiger partial charge in [-0.2, -0.15) is 4.31 Å². The molecule has 1 unspecified atom stereocenters. The molecule has 3 heterocycles. The van der Waals surface area contributed by atoms with Gasteiger partial charge in [-0.25, -0.2) is 13.4 Å². The fraction of sp³-hybridized carbons (Fsp3) is 0.467. The zero-order valence-electron chi connectivity index (χ0n) is 13.4. The monoisotopic (exact) mass is 336 g/mol. The first kappa shape index (κ1) is 15.9. The van der Waals surface area contributed by atoms with Gasteiger partial charge in [0, 0.05) is 37.7 Å². The van der Waals surface area contributed by atoms with Crippen LogP contribution in [0.3, 0.4) is 0 Å². The van der Waals surface area contributed by atoms with Crippen LogP contribution in [0.2, 0.25) is 0 Å². The minimum atomic E-state index is -3.65. The number of fused-ring (bicyclic) bond motifs is 1. The van der Waals surface area contributed by atoms with Crippen molar-refractivity contribution in [3.05, 3.63) is 36.7 Å². The highest BCUT2D eigenvalue weighted by molar-refractivity contribution is 7.89. The molecule has 0 aliphatic carbocycles. The highest BCUT2D eigenvalue weighted by atomic mass is 32.2. The molecule has 0 bridgehead atoms. The topological polar surface area (TPSA) is 77.3 Å². The Bertz CT molecular complexity index is 801. The first-order chi connectivity index (χ1) is 10.9. The predicted octanol–water partition coefficient (Wildman–Crippen LogP) is 1.83. The first-order valence-electron chi connectivity index (χ1n) is 7.54. The maximum absolute atomic E-state index is 13.0. The van der Waals surface area contributed by atoms with Gasteiger partial charge in [0.15, 0.2) is 0 Å². The summed E-state index contributed by atoms with van der Waals surface area (Å²) in [7, 11) is -3.65. The summed E-state index contributed by atoms with van der Waals surface area (Å²) in [6, 6.07) is 1.20. The number of nitrogens with zero attached hydrogens (tertiary/aromatic N) is 4. The Balaban J connectivity index is 1.93. The Labute approximate surface area is 136 Å². The molecule has 2 aromatic rings. The largest absolute Gasteiger partial charge is 0.489 e. The molecule has 0 aromatic carbocycles. The molecule has 0 saturated heterocycles. The highest BCUT2D eigenvalue weighted by Gasteiger charge is 2.35. The molecule has 0 amide bonds. The molecule has 0 saturated carbocycles. The van der Waals surface area contributed by atoms with Gasteiger partial charge in [0.2, 0.25) is 10.0 Å². The van der Waals surface area contributed by atoms with Crippen molar-refractivity contribution in [3.8, 4) is 5.75 Å². The molecule has 0 fully saturated rings.